The van der Waals surface area contributed by atoms with Crippen LogP contribution in [-0.4, -0.2) is 18.4 Å². The molecule has 5 heteroatoms. The monoisotopic (exact) mass is 368 g/mol. The van der Waals surface area contributed by atoms with Gasteiger partial charge in [0.05, 0.1) is 6.61 Å². The number of ether oxygens (including phenoxy) is 1. The van der Waals surface area contributed by atoms with E-state index in [9.17, 15) is 9.59 Å². The van der Waals surface area contributed by atoms with Crippen molar-refractivity contribution in [2.24, 2.45) is 0 Å². The number of hydrogen-bond acceptors (Lipinski definition) is 3. The molecule has 0 heterocycles. The molecule has 2 aromatic rings. The highest BCUT2D eigenvalue weighted by Crippen LogP contribution is 2.19. The van der Waals surface area contributed by atoms with E-state index < -0.39 is 0 Å². The van der Waals surface area contributed by atoms with E-state index in [2.05, 4.69) is 17.6 Å². The number of nitrogens with one attached hydrogen (secondary N) is 2. The van der Waals surface area contributed by atoms with E-state index in [1.165, 1.54) is 0 Å². The Morgan fingerprint density at radius 3 is 2.33 bits per heavy atom. The number of amides is 2. The van der Waals surface area contributed by atoms with Gasteiger partial charge in [-0.2, -0.15) is 0 Å². The van der Waals surface area contributed by atoms with Crippen LogP contribution in [0.1, 0.15) is 56.3 Å². The van der Waals surface area contributed by atoms with Crippen LogP contribution in [-0.2, 0) is 4.79 Å². The molecule has 2 aromatic carbocycles. The Hall–Kier alpha value is -2.82. The topological polar surface area (TPSA) is 67.4 Å². The van der Waals surface area contributed by atoms with Crippen molar-refractivity contribution in [1.29, 1.82) is 0 Å². The van der Waals surface area contributed by atoms with E-state index in [4.69, 9.17) is 4.74 Å². The fraction of sp³-hybridized carbons (Fsp3) is 0.364. The molecule has 0 aliphatic heterocycles. The molecule has 2 rings (SSSR count). The summed E-state index contributed by atoms with van der Waals surface area (Å²) in [5.41, 5.74) is 1.83. The average Bonchev–Trinajstić information content (AvgIpc) is 2.67. The molecular weight excluding hydrogens is 340 g/mol. The highest BCUT2D eigenvalue weighted by atomic mass is 16.5. The number of carbonyl (C=O) groups excluding carboxylic acids is 2. The predicted molar refractivity (Wildman–Crippen MR) is 109 cm³/mol. The summed E-state index contributed by atoms with van der Waals surface area (Å²) in [5.74, 6) is 0.454. The molecule has 0 saturated heterocycles. The second-order valence-electron chi connectivity index (χ2n) is 6.42. The minimum Gasteiger partial charge on any atom is -0.494 e. The summed E-state index contributed by atoms with van der Waals surface area (Å²) in [6.07, 6.45) is 4.38. The van der Waals surface area contributed by atoms with E-state index in [0.29, 0.717) is 35.7 Å². The lowest BCUT2D eigenvalue weighted by Crippen LogP contribution is -2.13. The quantitative estimate of drug-likeness (QED) is 0.563. The van der Waals surface area contributed by atoms with Crippen LogP contribution in [0.25, 0.3) is 0 Å². The van der Waals surface area contributed by atoms with Crippen LogP contribution >= 0.6 is 0 Å². The molecule has 2 amide bonds. The Kier molecular flexibility index (Phi) is 8.36. The van der Waals surface area contributed by atoms with Gasteiger partial charge < -0.3 is 15.4 Å². The molecule has 144 valence electrons. The van der Waals surface area contributed by atoms with Crippen molar-refractivity contribution >= 4 is 23.2 Å². The maximum Gasteiger partial charge on any atom is 0.255 e. The third-order valence-corrected chi connectivity index (χ3v) is 4.02. The largest absolute Gasteiger partial charge is 0.494 e. The Labute approximate surface area is 161 Å². The Morgan fingerprint density at radius 2 is 1.59 bits per heavy atom. The maximum atomic E-state index is 12.5. The average molecular weight is 368 g/mol. The summed E-state index contributed by atoms with van der Waals surface area (Å²) < 4.78 is 5.65. The molecule has 0 radical (unpaired) electrons. The molecule has 5 nitrogen and oxygen atoms in total. The summed E-state index contributed by atoms with van der Waals surface area (Å²) in [5, 5.41) is 5.72. The molecule has 2 N–H and O–H groups in total. The van der Waals surface area contributed by atoms with E-state index in [1.54, 1.807) is 36.4 Å². The third-order valence-electron chi connectivity index (χ3n) is 4.02. The van der Waals surface area contributed by atoms with E-state index >= 15 is 0 Å². The lowest BCUT2D eigenvalue weighted by atomic mass is 10.2. The fourth-order valence-corrected chi connectivity index (χ4v) is 2.50. The fourth-order valence-electron chi connectivity index (χ4n) is 2.50. The van der Waals surface area contributed by atoms with Crippen molar-refractivity contribution < 1.29 is 14.3 Å². The molecule has 0 unspecified atom stereocenters. The van der Waals surface area contributed by atoms with E-state index in [-0.39, 0.29) is 11.8 Å². The number of hydrogen-bond donors (Lipinski definition) is 2. The maximum absolute atomic E-state index is 12.5. The highest BCUT2D eigenvalue weighted by molar-refractivity contribution is 6.05. The zero-order chi connectivity index (χ0) is 19.5. The van der Waals surface area contributed by atoms with Gasteiger partial charge in [0, 0.05) is 23.4 Å². The Balaban J connectivity index is 1.98. The molecule has 0 atom stereocenters. The standard InChI is InChI=1S/C22H28N2O3/c1-3-5-13-21(25)23-18-10-8-11-19(16-18)24-22(26)17-9-7-12-20(15-17)27-14-6-4-2/h7-12,15-16H,3-6,13-14H2,1-2H3,(H,23,25)(H,24,26). The highest BCUT2D eigenvalue weighted by Gasteiger charge is 2.09. The molecule has 0 bridgehead atoms. The SMILES string of the molecule is CCCCOc1cccc(C(=O)Nc2cccc(NC(=O)CCCC)c2)c1. The van der Waals surface area contributed by atoms with Gasteiger partial charge >= 0.3 is 0 Å². The van der Waals surface area contributed by atoms with Crippen molar-refractivity contribution in [1.82, 2.24) is 0 Å². The lowest BCUT2D eigenvalue weighted by molar-refractivity contribution is -0.116. The summed E-state index contributed by atoms with van der Waals surface area (Å²) in [6, 6.07) is 14.3. The van der Waals surface area contributed by atoms with Crippen molar-refractivity contribution in [2.45, 2.75) is 46.0 Å². The van der Waals surface area contributed by atoms with Crippen molar-refractivity contribution in [3.05, 3.63) is 54.1 Å². The first-order chi connectivity index (χ1) is 13.1. The molecule has 0 fully saturated rings. The number of rotatable bonds is 10. The van der Waals surface area contributed by atoms with Gasteiger partial charge in [0.2, 0.25) is 5.91 Å². The number of carbonyl (C=O) groups is 2. The Bertz CT molecular complexity index is 759. The van der Waals surface area contributed by atoms with Gasteiger partial charge in [-0.25, -0.2) is 0 Å². The van der Waals surface area contributed by atoms with Crippen molar-refractivity contribution in [2.75, 3.05) is 17.2 Å². The van der Waals surface area contributed by atoms with Gasteiger partial charge in [-0.05, 0) is 49.2 Å². The zero-order valence-corrected chi connectivity index (χ0v) is 16.1. The van der Waals surface area contributed by atoms with E-state index in [1.807, 2.05) is 19.1 Å². The second-order valence-corrected chi connectivity index (χ2v) is 6.42. The number of benzene rings is 2. The third kappa shape index (κ3) is 7.13. The number of anilines is 2. The first kappa shape index (κ1) is 20.5. The van der Waals surface area contributed by atoms with Gasteiger partial charge in [0.1, 0.15) is 5.75 Å². The molecule has 0 aromatic heterocycles. The second kappa shape index (κ2) is 11.0. The summed E-state index contributed by atoms with van der Waals surface area (Å²) in [6.45, 7) is 4.79. The minimum atomic E-state index is -0.217. The first-order valence-corrected chi connectivity index (χ1v) is 9.56. The van der Waals surface area contributed by atoms with Crippen LogP contribution in [0.4, 0.5) is 11.4 Å². The number of unbranched alkanes of at least 4 members (excludes halogenated alkanes) is 2. The van der Waals surface area contributed by atoms with Gasteiger partial charge in [-0.15, -0.1) is 0 Å². The van der Waals surface area contributed by atoms with Crippen LogP contribution < -0.4 is 15.4 Å². The Morgan fingerprint density at radius 1 is 0.889 bits per heavy atom. The molecule has 27 heavy (non-hydrogen) atoms. The summed E-state index contributed by atoms with van der Waals surface area (Å²) in [4.78, 5) is 24.4. The smallest absolute Gasteiger partial charge is 0.255 e. The van der Waals surface area contributed by atoms with Gasteiger partial charge in [0.25, 0.3) is 5.91 Å². The van der Waals surface area contributed by atoms with Gasteiger partial charge in [0.15, 0.2) is 0 Å². The summed E-state index contributed by atoms with van der Waals surface area (Å²) >= 11 is 0. The van der Waals surface area contributed by atoms with Crippen molar-refractivity contribution in [3.63, 3.8) is 0 Å². The zero-order valence-electron chi connectivity index (χ0n) is 16.1. The normalized spacial score (nSPS) is 10.3. The predicted octanol–water partition coefficient (Wildman–Crippen LogP) is 5.25. The van der Waals surface area contributed by atoms with Crippen LogP contribution in [0.3, 0.4) is 0 Å². The van der Waals surface area contributed by atoms with Crippen LogP contribution in [0.15, 0.2) is 48.5 Å². The summed E-state index contributed by atoms with van der Waals surface area (Å²) in [7, 11) is 0. The van der Waals surface area contributed by atoms with Crippen LogP contribution in [0.2, 0.25) is 0 Å². The van der Waals surface area contributed by atoms with E-state index in [0.717, 1.165) is 25.7 Å². The van der Waals surface area contributed by atoms with Crippen LogP contribution in [0, 0.1) is 0 Å². The molecule has 0 aliphatic rings. The van der Waals surface area contributed by atoms with Crippen LogP contribution in [0.5, 0.6) is 5.75 Å². The van der Waals surface area contributed by atoms with Crippen molar-refractivity contribution in [3.8, 4) is 5.75 Å². The first-order valence-electron chi connectivity index (χ1n) is 9.56. The lowest BCUT2D eigenvalue weighted by Gasteiger charge is -2.10. The molecule has 0 saturated carbocycles. The van der Waals surface area contributed by atoms with Gasteiger partial charge in [-0.1, -0.05) is 38.8 Å². The molecular formula is C22H28N2O3. The molecule has 0 spiro atoms. The van der Waals surface area contributed by atoms with Gasteiger partial charge in [-0.3, -0.25) is 9.59 Å². The molecule has 0 aliphatic carbocycles. The minimum absolute atomic E-state index is 0.0164.